The second-order valence-corrected chi connectivity index (χ2v) is 5.07. The Morgan fingerprint density at radius 2 is 1.68 bits per heavy atom. The summed E-state index contributed by atoms with van der Waals surface area (Å²) in [5.74, 6) is -0.694. The number of fused-ring (bicyclic) bond motifs is 1. The van der Waals surface area contributed by atoms with Crippen LogP contribution in [-0.2, 0) is 6.18 Å². The standard InChI is InChI=1S/C16H10F3NO2/c1-9-2-4-10(5-3-9)14-15(21)12-8-11(16(17,18)19)6-7-13(12)20(14)22/h2-8H,1H3. The first-order chi connectivity index (χ1) is 10.3. The number of alkyl halides is 3. The van der Waals surface area contributed by atoms with E-state index in [0.717, 1.165) is 23.8 Å². The van der Waals surface area contributed by atoms with Gasteiger partial charge >= 0.3 is 6.18 Å². The third kappa shape index (κ3) is 2.16. The smallest absolute Gasteiger partial charge is 0.416 e. The van der Waals surface area contributed by atoms with Crippen LogP contribution < -0.4 is 0 Å². The highest BCUT2D eigenvalue weighted by Crippen LogP contribution is 2.35. The molecule has 0 saturated heterocycles. The van der Waals surface area contributed by atoms with Crippen LogP contribution >= 0.6 is 0 Å². The molecular weight excluding hydrogens is 295 g/mol. The first-order valence-electron chi connectivity index (χ1n) is 6.46. The van der Waals surface area contributed by atoms with Gasteiger partial charge in [-0.15, -0.1) is 0 Å². The van der Waals surface area contributed by atoms with Crippen molar-refractivity contribution in [1.82, 2.24) is 0 Å². The topological polar surface area (TPSA) is 43.1 Å². The zero-order valence-corrected chi connectivity index (χ0v) is 11.4. The molecule has 0 amide bonds. The van der Waals surface area contributed by atoms with Crippen LogP contribution in [0.4, 0.5) is 18.9 Å². The molecule has 112 valence electrons. The summed E-state index contributed by atoms with van der Waals surface area (Å²) in [6, 6.07) is 9.22. The minimum atomic E-state index is -4.56. The van der Waals surface area contributed by atoms with Crippen molar-refractivity contribution in [1.29, 1.82) is 0 Å². The van der Waals surface area contributed by atoms with Crippen molar-refractivity contribution in [2.75, 3.05) is 0 Å². The molecule has 3 rings (SSSR count). The Morgan fingerprint density at radius 1 is 1.05 bits per heavy atom. The highest BCUT2D eigenvalue weighted by molar-refractivity contribution is 6.52. The molecule has 2 aromatic carbocycles. The minimum absolute atomic E-state index is 0.0615. The number of benzene rings is 2. The number of Topliss-reactive ketones (excluding diaryl/α,β-unsaturated/α-hetero) is 1. The molecule has 0 aromatic heterocycles. The SMILES string of the molecule is Cc1ccc(C2=[N+]([O-])c3ccc(C(F)(F)F)cc3C2=O)cc1. The number of hydrogen-bond donors (Lipinski definition) is 0. The van der Waals surface area contributed by atoms with Crippen LogP contribution in [0.3, 0.4) is 0 Å². The summed E-state index contributed by atoms with van der Waals surface area (Å²) in [6.07, 6.45) is -4.56. The van der Waals surface area contributed by atoms with E-state index in [4.69, 9.17) is 0 Å². The van der Waals surface area contributed by atoms with E-state index in [9.17, 15) is 23.2 Å². The average molecular weight is 305 g/mol. The minimum Gasteiger partial charge on any atom is -0.618 e. The average Bonchev–Trinajstić information content (AvgIpc) is 2.71. The number of carbonyl (C=O) groups is 1. The number of hydrogen-bond acceptors (Lipinski definition) is 2. The predicted molar refractivity (Wildman–Crippen MR) is 74.3 cm³/mol. The number of nitrogens with zero attached hydrogens (tertiary/aromatic N) is 1. The van der Waals surface area contributed by atoms with Gasteiger partial charge < -0.3 is 5.21 Å². The molecule has 0 spiro atoms. The third-order valence-electron chi connectivity index (χ3n) is 3.53. The monoisotopic (exact) mass is 305 g/mol. The Hall–Kier alpha value is -2.63. The van der Waals surface area contributed by atoms with Gasteiger partial charge in [-0.1, -0.05) is 17.7 Å². The third-order valence-corrected chi connectivity index (χ3v) is 3.53. The molecule has 0 saturated carbocycles. The summed E-state index contributed by atoms with van der Waals surface area (Å²) in [5.41, 5.74) is -0.0547. The van der Waals surface area contributed by atoms with E-state index in [1.54, 1.807) is 24.3 Å². The van der Waals surface area contributed by atoms with E-state index in [1.807, 2.05) is 6.92 Å². The Kier molecular flexibility index (Phi) is 3.05. The van der Waals surface area contributed by atoms with E-state index in [1.165, 1.54) is 0 Å². The first-order valence-corrected chi connectivity index (χ1v) is 6.46. The van der Waals surface area contributed by atoms with E-state index >= 15 is 0 Å². The zero-order chi connectivity index (χ0) is 16.1. The maximum absolute atomic E-state index is 12.7. The Labute approximate surface area is 123 Å². The number of ketones is 1. The molecule has 0 fully saturated rings. The van der Waals surface area contributed by atoms with Gasteiger partial charge in [0.25, 0.3) is 11.5 Å². The van der Waals surface area contributed by atoms with Gasteiger partial charge in [0.15, 0.2) is 0 Å². The molecule has 1 aliphatic heterocycles. The van der Waals surface area contributed by atoms with Crippen LogP contribution in [-0.4, -0.2) is 16.2 Å². The summed E-state index contributed by atoms with van der Waals surface area (Å²) >= 11 is 0. The Bertz CT molecular complexity index is 805. The molecule has 3 nitrogen and oxygen atoms in total. The number of halogens is 3. The van der Waals surface area contributed by atoms with Crippen LogP contribution in [0.25, 0.3) is 0 Å². The lowest BCUT2D eigenvalue weighted by atomic mass is 10.0. The molecule has 0 bridgehead atoms. The highest BCUT2D eigenvalue weighted by atomic mass is 19.4. The first kappa shape index (κ1) is 14.3. The molecule has 22 heavy (non-hydrogen) atoms. The maximum Gasteiger partial charge on any atom is 0.416 e. The summed E-state index contributed by atoms with van der Waals surface area (Å²) < 4.78 is 38.6. The van der Waals surface area contributed by atoms with E-state index in [2.05, 4.69) is 0 Å². The van der Waals surface area contributed by atoms with Gasteiger partial charge in [-0.2, -0.15) is 17.9 Å². The number of rotatable bonds is 1. The van der Waals surface area contributed by atoms with Gasteiger partial charge in [0.05, 0.1) is 11.1 Å². The second-order valence-electron chi connectivity index (χ2n) is 5.07. The van der Waals surface area contributed by atoms with Gasteiger partial charge in [-0.05, 0) is 31.2 Å². The molecule has 0 atom stereocenters. The highest BCUT2D eigenvalue weighted by Gasteiger charge is 2.39. The summed E-state index contributed by atoms with van der Waals surface area (Å²) in [5, 5.41) is 12.2. The van der Waals surface area contributed by atoms with Gasteiger partial charge in [0.2, 0.25) is 5.69 Å². The second kappa shape index (κ2) is 4.69. The van der Waals surface area contributed by atoms with Gasteiger partial charge in [-0.25, -0.2) is 0 Å². The quantitative estimate of drug-likeness (QED) is 0.593. The fraction of sp³-hybridized carbons (Fsp3) is 0.125. The lowest BCUT2D eigenvalue weighted by molar-refractivity contribution is -0.355. The van der Waals surface area contributed by atoms with Crippen molar-refractivity contribution in [2.45, 2.75) is 13.1 Å². The summed E-state index contributed by atoms with van der Waals surface area (Å²) in [4.78, 5) is 12.3. The Balaban J connectivity index is 2.11. The molecule has 0 aliphatic carbocycles. The van der Waals surface area contributed by atoms with Gasteiger partial charge in [-0.3, -0.25) is 4.79 Å². The van der Waals surface area contributed by atoms with Crippen LogP contribution in [0.15, 0.2) is 42.5 Å². The van der Waals surface area contributed by atoms with Crippen molar-refractivity contribution in [2.24, 2.45) is 0 Å². The fourth-order valence-corrected chi connectivity index (χ4v) is 2.37. The Morgan fingerprint density at radius 3 is 2.27 bits per heavy atom. The predicted octanol–water partition coefficient (Wildman–Crippen LogP) is 3.84. The van der Waals surface area contributed by atoms with Crippen LogP contribution in [0.2, 0.25) is 0 Å². The van der Waals surface area contributed by atoms with Crippen LogP contribution in [0.1, 0.15) is 27.0 Å². The molecule has 1 aliphatic rings. The van der Waals surface area contributed by atoms with Gasteiger partial charge in [0, 0.05) is 6.07 Å². The van der Waals surface area contributed by atoms with Crippen molar-refractivity contribution >= 4 is 17.2 Å². The molecule has 0 unspecified atom stereocenters. The largest absolute Gasteiger partial charge is 0.618 e. The molecule has 2 aromatic rings. The zero-order valence-electron chi connectivity index (χ0n) is 11.4. The van der Waals surface area contributed by atoms with E-state index in [0.29, 0.717) is 10.3 Å². The molecule has 1 heterocycles. The molecule has 0 radical (unpaired) electrons. The lowest BCUT2D eigenvalue weighted by Crippen LogP contribution is -2.16. The summed E-state index contributed by atoms with van der Waals surface area (Å²) in [7, 11) is 0. The van der Waals surface area contributed by atoms with Crippen molar-refractivity contribution in [3.05, 3.63) is 69.9 Å². The van der Waals surface area contributed by atoms with Crippen molar-refractivity contribution in [3.8, 4) is 0 Å². The number of aryl methyl sites for hydroxylation is 1. The number of carbonyl (C=O) groups excluding carboxylic acids is 1. The molecular formula is C16H10F3NO2. The van der Waals surface area contributed by atoms with Crippen molar-refractivity contribution in [3.63, 3.8) is 0 Å². The molecule has 6 heteroatoms. The van der Waals surface area contributed by atoms with Crippen LogP contribution in [0.5, 0.6) is 0 Å². The summed E-state index contributed by atoms with van der Waals surface area (Å²) in [6.45, 7) is 1.85. The van der Waals surface area contributed by atoms with E-state index < -0.39 is 17.5 Å². The van der Waals surface area contributed by atoms with E-state index in [-0.39, 0.29) is 17.0 Å². The maximum atomic E-state index is 12.7. The molecule has 0 N–H and O–H groups in total. The fourth-order valence-electron chi connectivity index (χ4n) is 2.37. The lowest BCUT2D eigenvalue weighted by Gasteiger charge is -2.06. The van der Waals surface area contributed by atoms with Crippen molar-refractivity contribution < 1.29 is 22.7 Å². The van der Waals surface area contributed by atoms with Gasteiger partial charge in [0.1, 0.15) is 5.56 Å². The van der Waals surface area contributed by atoms with Crippen LogP contribution in [0, 0.1) is 12.1 Å². The normalized spacial score (nSPS) is 14.5.